The summed E-state index contributed by atoms with van der Waals surface area (Å²) in [4.78, 5) is 2.54. The Kier molecular flexibility index (Phi) is 4.42. The molecule has 1 saturated heterocycles. The average molecular weight is 273 g/mol. The first kappa shape index (κ1) is 14.1. The summed E-state index contributed by atoms with van der Waals surface area (Å²) in [6.07, 6.45) is 7.76. The second-order valence-electron chi connectivity index (χ2n) is 6.77. The SMILES string of the molecule is Cc1cccc(CN2CC(O)CC2C2CCCCC2)c1. The normalized spacial score (nSPS) is 28.9. The van der Waals surface area contributed by atoms with Crippen LogP contribution < -0.4 is 0 Å². The van der Waals surface area contributed by atoms with Crippen LogP contribution in [0.2, 0.25) is 0 Å². The third kappa shape index (κ3) is 3.24. The number of benzene rings is 1. The van der Waals surface area contributed by atoms with E-state index >= 15 is 0 Å². The predicted octanol–water partition coefficient (Wildman–Crippen LogP) is 3.51. The molecule has 0 radical (unpaired) electrons. The molecule has 0 bridgehead atoms. The molecule has 1 aliphatic carbocycles. The van der Waals surface area contributed by atoms with Gasteiger partial charge in [-0.3, -0.25) is 4.90 Å². The fraction of sp³-hybridized carbons (Fsp3) is 0.667. The van der Waals surface area contributed by atoms with Crippen LogP contribution >= 0.6 is 0 Å². The van der Waals surface area contributed by atoms with E-state index in [-0.39, 0.29) is 6.10 Å². The maximum absolute atomic E-state index is 10.1. The van der Waals surface area contributed by atoms with Gasteiger partial charge in [-0.15, -0.1) is 0 Å². The molecular weight excluding hydrogens is 246 g/mol. The van der Waals surface area contributed by atoms with E-state index in [2.05, 4.69) is 36.1 Å². The van der Waals surface area contributed by atoms with Gasteiger partial charge in [-0.2, -0.15) is 0 Å². The summed E-state index contributed by atoms with van der Waals surface area (Å²) in [7, 11) is 0. The maximum Gasteiger partial charge on any atom is 0.0682 e. The van der Waals surface area contributed by atoms with Gasteiger partial charge in [0.15, 0.2) is 0 Å². The van der Waals surface area contributed by atoms with Gasteiger partial charge in [0.1, 0.15) is 0 Å². The summed E-state index contributed by atoms with van der Waals surface area (Å²) in [6, 6.07) is 9.40. The molecule has 2 heteroatoms. The summed E-state index contributed by atoms with van der Waals surface area (Å²) in [5.74, 6) is 0.811. The first-order valence-electron chi connectivity index (χ1n) is 8.20. The zero-order valence-electron chi connectivity index (χ0n) is 12.6. The van der Waals surface area contributed by atoms with Crippen LogP contribution in [-0.2, 0) is 6.54 Å². The van der Waals surface area contributed by atoms with E-state index < -0.39 is 0 Å². The van der Waals surface area contributed by atoms with Crippen molar-refractivity contribution in [3.63, 3.8) is 0 Å². The number of nitrogens with zero attached hydrogens (tertiary/aromatic N) is 1. The predicted molar refractivity (Wildman–Crippen MR) is 82.6 cm³/mol. The number of likely N-dealkylation sites (tertiary alicyclic amines) is 1. The van der Waals surface area contributed by atoms with Crippen molar-refractivity contribution in [2.75, 3.05) is 6.54 Å². The number of aryl methyl sites for hydroxylation is 1. The fourth-order valence-corrected chi connectivity index (χ4v) is 4.14. The average Bonchev–Trinajstić information content (AvgIpc) is 2.80. The molecule has 2 fully saturated rings. The van der Waals surface area contributed by atoms with E-state index in [1.54, 1.807) is 0 Å². The first-order valence-corrected chi connectivity index (χ1v) is 8.20. The van der Waals surface area contributed by atoms with Crippen molar-refractivity contribution in [1.29, 1.82) is 0 Å². The van der Waals surface area contributed by atoms with Crippen molar-refractivity contribution in [3.8, 4) is 0 Å². The van der Waals surface area contributed by atoms with Crippen LogP contribution in [-0.4, -0.2) is 28.7 Å². The van der Waals surface area contributed by atoms with Crippen LogP contribution in [0.1, 0.15) is 49.7 Å². The van der Waals surface area contributed by atoms with E-state index in [1.165, 1.54) is 43.2 Å². The lowest BCUT2D eigenvalue weighted by molar-refractivity contribution is 0.147. The number of aliphatic hydroxyl groups excluding tert-OH is 1. The number of rotatable bonds is 3. The molecule has 3 rings (SSSR count). The standard InChI is InChI=1S/C18H27NO/c1-14-6-5-7-15(10-14)12-19-13-17(20)11-18(19)16-8-3-2-4-9-16/h5-7,10,16-18,20H,2-4,8-9,11-13H2,1H3. The Balaban J connectivity index is 1.69. The van der Waals surface area contributed by atoms with Gasteiger partial charge >= 0.3 is 0 Å². The molecule has 1 N–H and O–H groups in total. The second kappa shape index (κ2) is 6.28. The molecule has 0 amide bonds. The number of β-amino-alcohol motifs (C(OH)–C–C–N with tert-alkyl or cyclic N) is 1. The number of hydrogen-bond donors (Lipinski definition) is 1. The Morgan fingerprint density at radius 1 is 1.20 bits per heavy atom. The van der Waals surface area contributed by atoms with Crippen molar-refractivity contribution in [2.45, 2.75) is 64.1 Å². The molecule has 1 aliphatic heterocycles. The van der Waals surface area contributed by atoms with Crippen molar-refractivity contribution in [3.05, 3.63) is 35.4 Å². The van der Waals surface area contributed by atoms with Gasteiger partial charge in [0.05, 0.1) is 6.10 Å². The molecule has 0 spiro atoms. The Hall–Kier alpha value is -0.860. The lowest BCUT2D eigenvalue weighted by Crippen LogP contribution is -2.36. The molecule has 1 aromatic carbocycles. The smallest absolute Gasteiger partial charge is 0.0682 e. The molecule has 2 atom stereocenters. The topological polar surface area (TPSA) is 23.5 Å². The lowest BCUT2D eigenvalue weighted by Gasteiger charge is -2.34. The molecule has 2 aliphatic rings. The van der Waals surface area contributed by atoms with Gasteiger partial charge in [-0.05, 0) is 37.7 Å². The summed E-state index contributed by atoms with van der Waals surface area (Å²) in [6.45, 7) is 4.01. The molecule has 1 aromatic rings. The summed E-state index contributed by atoms with van der Waals surface area (Å²) < 4.78 is 0. The van der Waals surface area contributed by atoms with Gasteiger partial charge < -0.3 is 5.11 Å². The second-order valence-corrected chi connectivity index (χ2v) is 6.77. The van der Waals surface area contributed by atoms with E-state index in [1.807, 2.05) is 0 Å². The highest BCUT2D eigenvalue weighted by Crippen LogP contribution is 2.35. The van der Waals surface area contributed by atoms with Crippen molar-refractivity contribution in [1.82, 2.24) is 4.90 Å². The highest BCUT2D eigenvalue weighted by atomic mass is 16.3. The minimum atomic E-state index is -0.119. The molecule has 1 saturated carbocycles. The molecule has 110 valence electrons. The summed E-state index contributed by atoms with van der Waals surface area (Å²) >= 11 is 0. The van der Waals surface area contributed by atoms with Gasteiger partial charge in [-0.1, -0.05) is 49.1 Å². The molecule has 1 heterocycles. The van der Waals surface area contributed by atoms with E-state index in [9.17, 15) is 5.11 Å². The molecule has 0 aromatic heterocycles. The zero-order valence-corrected chi connectivity index (χ0v) is 12.6. The largest absolute Gasteiger partial charge is 0.392 e. The molecule has 2 unspecified atom stereocenters. The summed E-state index contributed by atoms with van der Waals surface area (Å²) in [5, 5.41) is 10.1. The van der Waals surface area contributed by atoms with E-state index in [0.717, 1.165) is 25.4 Å². The Bertz CT molecular complexity index is 439. The molecular formula is C18H27NO. The first-order chi connectivity index (χ1) is 9.72. The van der Waals surface area contributed by atoms with Gasteiger partial charge in [0.2, 0.25) is 0 Å². The van der Waals surface area contributed by atoms with Crippen LogP contribution in [0.15, 0.2) is 24.3 Å². The van der Waals surface area contributed by atoms with E-state index in [0.29, 0.717) is 6.04 Å². The monoisotopic (exact) mass is 273 g/mol. The highest BCUT2D eigenvalue weighted by Gasteiger charge is 2.36. The summed E-state index contributed by atoms with van der Waals surface area (Å²) in [5.41, 5.74) is 2.72. The third-order valence-corrected chi connectivity index (χ3v) is 5.09. The van der Waals surface area contributed by atoms with Gasteiger partial charge in [-0.25, -0.2) is 0 Å². The highest BCUT2D eigenvalue weighted by molar-refractivity contribution is 5.22. The minimum Gasteiger partial charge on any atom is -0.392 e. The van der Waals surface area contributed by atoms with Crippen LogP contribution in [0, 0.1) is 12.8 Å². The van der Waals surface area contributed by atoms with E-state index in [4.69, 9.17) is 0 Å². The Morgan fingerprint density at radius 2 is 2.00 bits per heavy atom. The van der Waals surface area contributed by atoms with Crippen LogP contribution in [0.5, 0.6) is 0 Å². The Labute approximate surface area is 122 Å². The van der Waals surface area contributed by atoms with Crippen LogP contribution in [0.4, 0.5) is 0 Å². The Morgan fingerprint density at radius 3 is 2.75 bits per heavy atom. The maximum atomic E-state index is 10.1. The van der Waals surface area contributed by atoms with Crippen molar-refractivity contribution < 1.29 is 5.11 Å². The minimum absolute atomic E-state index is 0.119. The van der Waals surface area contributed by atoms with Gasteiger partial charge in [0.25, 0.3) is 0 Å². The number of hydrogen-bond acceptors (Lipinski definition) is 2. The number of aliphatic hydroxyl groups is 1. The van der Waals surface area contributed by atoms with Crippen molar-refractivity contribution in [2.24, 2.45) is 5.92 Å². The fourth-order valence-electron chi connectivity index (χ4n) is 4.14. The third-order valence-electron chi connectivity index (χ3n) is 5.09. The van der Waals surface area contributed by atoms with Gasteiger partial charge in [0, 0.05) is 19.1 Å². The quantitative estimate of drug-likeness (QED) is 0.911. The molecule has 20 heavy (non-hydrogen) atoms. The van der Waals surface area contributed by atoms with Crippen LogP contribution in [0.3, 0.4) is 0 Å². The lowest BCUT2D eigenvalue weighted by atomic mass is 9.82. The van der Waals surface area contributed by atoms with Crippen molar-refractivity contribution >= 4 is 0 Å². The van der Waals surface area contributed by atoms with Crippen LogP contribution in [0.25, 0.3) is 0 Å². The molecule has 2 nitrogen and oxygen atoms in total. The zero-order chi connectivity index (χ0) is 13.9.